The summed E-state index contributed by atoms with van der Waals surface area (Å²) in [5.41, 5.74) is 1.22. The predicted molar refractivity (Wildman–Crippen MR) is 107 cm³/mol. The lowest BCUT2D eigenvalue weighted by Crippen LogP contribution is -2.31. The number of nitrogens with one attached hydrogen (secondary N) is 1. The largest absolute Gasteiger partial charge is 0.462 e. The van der Waals surface area contributed by atoms with Crippen molar-refractivity contribution in [3.63, 3.8) is 0 Å². The predicted octanol–water partition coefficient (Wildman–Crippen LogP) is 3.79. The molecule has 0 aromatic carbocycles. The minimum atomic E-state index is -2.69. The van der Waals surface area contributed by atoms with Gasteiger partial charge < -0.3 is 10.1 Å². The van der Waals surface area contributed by atoms with Crippen LogP contribution in [0.4, 0.5) is 13.8 Å². The summed E-state index contributed by atoms with van der Waals surface area (Å²) in [6.07, 6.45) is 3.18. The second-order valence-corrected chi connectivity index (χ2v) is 7.91. The topological polar surface area (TPSA) is 76.5 Å². The summed E-state index contributed by atoms with van der Waals surface area (Å²) in [4.78, 5) is 30.3. The van der Waals surface area contributed by atoms with E-state index in [-0.39, 0.29) is 31.4 Å². The van der Waals surface area contributed by atoms with Crippen LogP contribution in [0.15, 0.2) is 17.8 Å². The van der Waals surface area contributed by atoms with Crippen LogP contribution in [-0.2, 0) is 22.5 Å². The molecule has 0 aliphatic carbocycles. The number of hydrogen-bond acceptors (Lipinski definition) is 6. The van der Waals surface area contributed by atoms with Crippen molar-refractivity contribution >= 4 is 28.2 Å². The van der Waals surface area contributed by atoms with Gasteiger partial charge in [0.15, 0.2) is 0 Å². The minimum absolute atomic E-state index is 0.0459. The zero-order chi connectivity index (χ0) is 21.6. The maximum absolute atomic E-state index is 12.9. The Bertz CT molecular complexity index is 835. The quantitative estimate of drug-likeness (QED) is 0.583. The van der Waals surface area contributed by atoms with Gasteiger partial charge in [0, 0.05) is 12.4 Å². The average Bonchev–Trinajstić information content (AvgIpc) is 3.21. The molecule has 2 heterocycles. The number of rotatable bonds is 10. The number of anilines is 1. The number of alkyl halides is 2. The second-order valence-electron chi connectivity index (χ2n) is 7.03. The van der Waals surface area contributed by atoms with E-state index in [1.54, 1.807) is 18.9 Å². The number of halogens is 2. The molecule has 1 amide bonds. The number of carbonyl (C=O) groups is 2. The molecular weight excluding hydrogens is 402 g/mol. The molecule has 2 rings (SSSR count). The van der Waals surface area contributed by atoms with Crippen LogP contribution in [-0.4, -0.2) is 46.5 Å². The maximum Gasteiger partial charge on any atom is 0.341 e. The van der Waals surface area contributed by atoms with E-state index in [1.165, 1.54) is 23.7 Å². The molecular formula is C19H26F2N4O3S. The summed E-state index contributed by atoms with van der Waals surface area (Å²) in [5, 5.41) is 5.04. The first-order chi connectivity index (χ1) is 13.7. The summed E-state index contributed by atoms with van der Waals surface area (Å²) in [6, 6.07) is 0. The lowest BCUT2D eigenvalue weighted by molar-refractivity contribution is -0.117. The highest BCUT2D eigenvalue weighted by atomic mass is 32.1. The van der Waals surface area contributed by atoms with Crippen molar-refractivity contribution in [1.29, 1.82) is 0 Å². The Hall–Kier alpha value is -2.33. The van der Waals surface area contributed by atoms with Crippen LogP contribution in [0, 0.1) is 5.92 Å². The van der Waals surface area contributed by atoms with E-state index in [2.05, 4.69) is 10.3 Å². The van der Waals surface area contributed by atoms with E-state index in [9.17, 15) is 18.4 Å². The zero-order valence-corrected chi connectivity index (χ0v) is 17.8. The van der Waals surface area contributed by atoms with Gasteiger partial charge in [-0.2, -0.15) is 8.78 Å². The fourth-order valence-electron chi connectivity index (χ4n) is 2.86. The summed E-state index contributed by atoms with van der Waals surface area (Å²) in [5.74, 6) is -0.318. The SMILES string of the molecule is CCOC(=O)c1c(CC(C)C)csc1NC(=O)CN(C)Cc1nccn1C(F)F. The van der Waals surface area contributed by atoms with Gasteiger partial charge in [-0.15, -0.1) is 11.3 Å². The Morgan fingerprint density at radius 1 is 1.38 bits per heavy atom. The monoisotopic (exact) mass is 428 g/mol. The smallest absolute Gasteiger partial charge is 0.341 e. The first-order valence-corrected chi connectivity index (χ1v) is 10.2. The Balaban J connectivity index is 2.06. The van der Waals surface area contributed by atoms with Gasteiger partial charge in [-0.25, -0.2) is 9.78 Å². The van der Waals surface area contributed by atoms with Crippen molar-refractivity contribution in [2.45, 2.75) is 40.3 Å². The molecule has 0 saturated carbocycles. The van der Waals surface area contributed by atoms with Gasteiger partial charge in [0.2, 0.25) is 5.91 Å². The van der Waals surface area contributed by atoms with E-state index in [0.29, 0.717) is 22.9 Å². The molecule has 0 spiro atoms. The van der Waals surface area contributed by atoms with Crippen LogP contribution in [0.1, 0.15) is 49.1 Å². The molecule has 0 fully saturated rings. The average molecular weight is 429 g/mol. The fourth-order valence-corrected chi connectivity index (χ4v) is 3.83. The van der Waals surface area contributed by atoms with Crippen LogP contribution >= 0.6 is 11.3 Å². The van der Waals surface area contributed by atoms with Gasteiger partial charge in [-0.05, 0) is 37.3 Å². The molecule has 0 bridgehead atoms. The number of imidazole rings is 1. The summed E-state index contributed by atoms with van der Waals surface area (Å²) in [7, 11) is 1.63. The molecule has 29 heavy (non-hydrogen) atoms. The van der Waals surface area contributed by atoms with Crippen LogP contribution in [0.3, 0.4) is 0 Å². The third kappa shape index (κ3) is 6.33. The molecule has 0 unspecified atom stereocenters. The third-order valence-electron chi connectivity index (χ3n) is 4.01. The van der Waals surface area contributed by atoms with Gasteiger partial charge in [0.05, 0.1) is 25.3 Å². The van der Waals surface area contributed by atoms with Crippen molar-refractivity contribution < 1.29 is 23.1 Å². The fraction of sp³-hybridized carbons (Fsp3) is 0.526. The molecule has 1 N–H and O–H groups in total. The molecule has 0 atom stereocenters. The van der Waals surface area contributed by atoms with E-state index in [0.717, 1.165) is 10.1 Å². The van der Waals surface area contributed by atoms with Crippen LogP contribution < -0.4 is 5.32 Å². The number of nitrogens with zero attached hydrogens (tertiary/aromatic N) is 3. The number of thiophene rings is 1. The number of likely N-dealkylation sites (N-methyl/N-ethyl adjacent to an activating group) is 1. The molecule has 0 saturated heterocycles. The molecule has 2 aromatic rings. The number of hydrogen-bond donors (Lipinski definition) is 1. The summed E-state index contributed by atoms with van der Waals surface area (Å²) in [6.45, 7) is 3.40. The highest BCUT2D eigenvalue weighted by Crippen LogP contribution is 2.31. The lowest BCUT2D eigenvalue weighted by Gasteiger charge is -2.17. The molecule has 0 aliphatic rings. The van der Waals surface area contributed by atoms with E-state index < -0.39 is 12.5 Å². The van der Waals surface area contributed by atoms with E-state index in [4.69, 9.17) is 4.74 Å². The van der Waals surface area contributed by atoms with Gasteiger partial charge in [-0.1, -0.05) is 13.8 Å². The summed E-state index contributed by atoms with van der Waals surface area (Å²) >= 11 is 1.27. The molecule has 0 radical (unpaired) electrons. The maximum atomic E-state index is 12.9. The van der Waals surface area contributed by atoms with Gasteiger partial charge >= 0.3 is 12.5 Å². The molecule has 160 valence electrons. The number of amides is 1. The lowest BCUT2D eigenvalue weighted by atomic mass is 10.0. The first-order valence-electron chi connectivity index (χ1n) is 9.28. The van der Waals surface area contributed by atoms with Crippen LogP contribution in [0.2, 0.25) is 0 Å². The molecule has 2 aromatic heterocycles. The highest BCUT2D eigenvalue weighted by Gasteiger charge is 2.23. The van der Waals surface area contributed by atoms with Crippen molar-refractivity contribution in [3.8, 4) is 0 Å². The molecule has 7 nitrogen and oxygen atoms in total. The standard InChI is InChI=1S/C19H26F2N4O3S/c1-5-28-18(27)16-13(8-12(2)3)11-29-17(16)23-15(26)10-24(4)9-14-22-6-7-25(14)19(20)21/h6-7,11-12,19H,5,8-10H2,1-4H3,(H,23,26). The van der Waals surface area contributed by atoms with Crippen molar-refractivity contribution in [1.82, 2.24) is 14.5 Å². The third-order valence-corrected chi connectivity index (χ3v) is 4.96. The Kier molecular flexibility index (Phi) is 8.27. The number of ether oxygens (including phenoxy) is 1. The summed E-state index contributed by atoms with van der Waals surface area (Å²) < 4.78 is 31.7. The van der Waals surface area contributed by atoms with Gasteiger partial charge in [0.1, 0.15) is 10.8 Å². The van der Waals surface area contributed by atoms with Crippen molar-refractivity contribution in [2.75, 3.05) is 25.5 Å². The second kappa shape index (κ2) is 10.4. The Morgan fingerprint density at radius 2 is 2.10 bits per heavy atom. The number of aromatic nitrogens is 2. The van der Waals surface area contributed by atoms with Gasteiger partial charge in [-0.3, -0.25) is 14.3 Å². The first kappa shape index (κ1) is 23.0. The van der Waals surface area contributed by atoms with Crippen molar-refractivity contribution in [3.05, 3.63) is 34.7 Å². The van der Waals surface area contributed by atoms with E-state index >= 15 is 0 Å². The Labute approximate surface area is 172 Å². The Morgan fingerprint density at radius 3 is 2.72 bits per heavy atom. The minimum Gasteiger partial charge on any atom is -0.462 e. The van der Waals surface area contributed by atoms with Crippen molar-refractivity contribution in [2.24, 2.45) is 5.92 Å². The number of carbonyl (C=O) groups excluding carboxylic acids is 2. The normalized spacial score (nSPS) is 11.5. The highest BCUT2D eigenvalue weighted by molar-refractivity contribution is 7.15. The van der Waals surface area contributed by atoms with E-state index in [1.807, 2.05) is 19.2 Å². The molecule has 10 heteroatoms. The molecule has 0 aliphatic heterocycles. The number of esters is 1. The van der Waals surface area contributed by atoms with Crippen LogP contribution in [0.25, 0.3) is 0 Å². The van der Waals surface area contributed by atoms with Gasteiger partial charge in [0.25, 0.3) is 0 Å². The zero-order valence-electron chi connectivity index (χ0n) is 16.9. The van der Waals surface area contributed by atoms with Crippen LogP contribution in [0.5, 0.6) is 0 Å².